The average Bonchev–Trinajstić information content (AvgIpc) is 2.82. The van der Waals surface area contributed by atoms with E-state index in [-0.39, 0.29) is 0 Å². The summed E-state index contributed by atoms with van der Waals surface area (Å²) in [7, 11) is 0. The van der Waals surface area contributed by atoms with E-state index in [2.05, 4.69) is 29.0 Å². The van der Waals surface area contributed by atoms with Gasteiger partial charge < -0.3 is 4.98 Å². The number of H-pyrrole nitrogens is 1. The molecule has 2 nitrogen and oxygen atoms in total. The molecular formula is C15H20N2. The molecule has 0 saturated heterocycles. The molecule has 90 valence electrons. The van der Waals surface area contributed by atoms with Crippen molar-refractivity contribution in [2.75, 3.05) is 0 Å². The lowest BCUT2D eigenvalue weighted by Crippen LogP contribution is -2.15. The zero-order valence-electron chi connectivity index (χ0n) is 10.4. The molecule has 0 spiro atoms. The molecule has 17 heavy (non-hydrogen) atoms. The third kappa shape index (κ3) is 2.36. The van der Waals surface area contributed by atoms with Crippen LogP contribution in [0.2, 0.25) is 0 Å². The summed E-state index contributed by atoms with van der Waals surface area (Å²) in [6.45, 7) is 2.32. The first-order valence-electron chi connectivity index (χ1n) is 6.67. The van der Waals surface area contributed by atoms with Crippen LogP contribution in [-0.4, -0.2) is 9.97 Å². The van der Waals surface area contributed by atoms with Gasteiger partial charge in [0, 0.05) is 11.9 Å². The third-order valence-electron chi connectivity index (χ3n) is 4.07. The number of hydrogen-bond donors (Lipinski definition) is 1. The summed E-state index contributed by atoms with van der Waals surface area (Å²) in [5, 5.41) is 0. The van der Waals surface area contributed by atoms with Crippen molar-refractivity contribution < 1.29 is 0 Å². The quantitative estimate of drug-likeness (QED) is 0.822. The molecule has 0 aliphatic heterocycles. The molecule has 0 aromatic carbocycles. The summed E-state index contributed by atoms with van der Waals surface area (Å²) in [4.78, 5) is 7.32. The highest BCUT2D eigenvalue weighted by Crippen LogP contribution is 2.37. The summed E-state index contributed by atoms with van der Waals surface area (Å²) in [5.41, 5.74) is 4.63. The van der Waals surface area contributed by atoms with Crippen LogP contribution in [0.3, 0.4) is 0 Å². The highest BCUT2D eigenvalue weighted by Gasteiger charge is 2.23. The molecule has 2 heteroatoms. The molecule has 0 fully saturated rings. The second kappa shape index (κ2) is 4.52. The minimum atomic E-state index is 0.748. The van der Waals surface area contributed by atoms with Gasteiger partial charge in [-0.05, 0) is 49.5 Å². The van der Waals surface area contributed by atoms with Crippen molar-refractivity contribution in [2.45, 2.75) is 39.0 Å². The van der Waals surface area contributed by atoms with Crippen LogP contribution in [0.5, 0.6) is 0 Å². The lowest BCUT2D eigenvalue weighted by Gasteiger charge is -2.29. The topological polar surface area (TPSA) is 28.7 Å². The average molecular weight is 228 g/mol. The van der Waals surface area contributed by atoms with Crippen LogP contribution >= 0.6 is 0 Å². The Morgan fingerprint density at radius 2 is 2.35 bits per heavy atom. The maximum absolute atomic E-state index is 4.10. The summed E-state index contributed by atoms with van der Waals surface area (Å²) < 4.78 is 0. The maximum atomic E-state index is 4.10. The fourth-order valence-corrected chi connectivity index (χ4v) is 3.13. The van der Waals surface area contributed by atoms with E-state index < -0.39 is 0 Å². The molecule has 2 atom stereocenters. The molecule has 0 amide bonds. The minimum Gasteiger partial charge on any atom is -0.348 e. The zero-order valence-corrected chi connectivity index (χ0v) is 10.4. The largest absolute Gasteiger partial charge is 0.348 e. The highest BCUT2D eigenvalue weighted by molar-refractivity contribution is 5.32. The van der Waals surface area contributed by atoms with Gasteiger partial charge in [-0.3, -0.25) is 0 Å². The summed E-state index contributed by atoms with van der Waals surface area (Å²) in [5.74, 6) is 1.55. The Kier molecular flexibility index (Phi) is 2.87. The normalized spacial score (nSPS) is 28.3. The van der Waals surface area contributed by atoms with Crippen LogP contribution in [0.25, 0.3) is 0 Å². The van der Waals surface area contributed by atoms with Crippen molar-refractivity contribution in [3.05, 3.63) is 41.5 Å². The SMILES string of the molecule is CC1C=CC2=C(CCC(Cc3cnc[nH]3)C2)C1. The Balaban J connectivity index is 1.67. The van der Waals surface area contributed by atoms with Crippen molar-refractivity contribution in [3.63, 3.8) is 0 Å². The van der Waals surface area contributed by atoms with Crippen LogP contribution in [0.4, 0.5) is 0 Å². The highest BCUT2D eigenvalue weighted by atomic mass is 14.9. The number of nitrogens with one attached hydrogen (secondary N) is 1. The van der Waals surface area contributed by atoms with Crippen LogP contribution in [0, 0.1) is 11.8 Å². The third-order valence-corrected chi connectivity index (χ3v) is 4.07. The molecule has 1 aromatic heterocycles. The number of hydrogen-bond acceptors (Lipinski definition) is 1. The number of imidazole rings is 1. The van der Waals surface area contributed by atoms with Gasteiger partial charge in [-0.2, -0.15) is 0 Å². The molecule has 0 saturated carbocycles. The Bertz CT molecular complexity index is 439. The van der Waals surface area contributed by atoms with E-state index in [0.29, 0.717) is 0 Å². The molecule has 2 aliphatic carbocycles. The molecular weight excluding hydrogens is 208 g/mol. The van der Waals surface area contributed by atoms with Crippen molar-refractivity contribution in [3.8, 4) is 0 Å². The van der Waals surface area contributed by atoms with Gasteiger partial charge in [-0.25, -0.2) is 4.98 Å². The van der Waals surface area contributed by atoms with Crippen LogP contribution in [-0.2, 0) is 6.42 Å². The van der Waals surface area contributed by atoms with Crippen LogP contribution < -0.4 is 0 Å². The van der Waals surface area contributed by atoms with Crippen molar-refractivity contribution in [1.82, 2.24) is 9.97 Å². The van der Waals surface area contributed by atoms with Crippen molar-refractivity contribution >= 4 is 0 Å². The van der Waals surface area contributed by atoms with E-state index in [1.165, 1.54) is 31.4 Å². The van der Waals surface area contributed by atoms with Gasteiger partial charge >= 0.3 is 0 Å². The number of aromatic amines is 1. The van der Waals surface area contributed by atoms with Gasteiger partial charge in [0.15, 0.2) is 0 Å². The van der Waals surface area contributed by atoms with E-state index in [1.807, 2.05) is 6.20 Å². The predicted octanol–water partition coefficient (Wildman–Crippen LogP) is 3.64. The number of allylic oxidation sites excluding steroid dienone is 4. The van der Waals surface area contributed by atoms with Gasteiger partial charge in [0.2, 0.25) is 0 Å². The number of nitrogens with zero attached hydrogens (tertiary/aromatic N) is 1. The lowest BCUT2D eigenvalue weighted by molar-refractivity contribution is 0.438. The van der Waals surface area contributed by atoms with Crippen molar-refractivity contribution in [2.24, 2.45) is 11.8 Å². The van der Waals surface area contributed by atoms with E-state index >= 15 is 0 Å². The van der Waals surface area contributed by atoms with Gasteiger partial charge in [0.1, 0.15) is 0 Å². The van der Waals surface area contributed by atoms with Gasteiger partial charge in [0.05, 0.1) is 6.33 Å². The number of aromatic nitrogens is 2. The Labute approximate surface area is 103 Å². The summed E-state index contributed by atoms with van der Waals surface area (Å²) in [6, 6.07) is 0. The lowest BCUT2D eigenvalue weighted by atomic mass is 9.76. The molecule has 0 bridgehead atoms. The molecule has 1 N–H and O–H groups in total. The van der Waals surface area contributed by atoms with E-state index in [4.69, 9.17) is 0 Å². The fraction of sp³-hybridized carbons (Fsp3) is 0.533. The molecule has 2 unspecified atom stereocenters. The monoisotopic (exact) mass is 228 g/mol. The predicted molar refractivity (Wildman–Crippen MR) is 69.6 cm³/mol. The molecule has 3 rings (SSSR count). The smallest absolute Gasteiger partial charge is 0.0921 e. The van der Waals surface area contributed by atoms with E-state index in [1.54, 1.807) is 17.5 Å². The van der Waals surface area contributed by atoms with Crippen molar-refractivity contribution in [1.29, 1.82) is 0 Å². The molecule has 0 radical (unpaired) electrons. The zero-order chi connectivity index (χ0) is 11.7. The minimum absolute atomic E-state index is 0.748. The summed E-state index contributed by atoms with van der Waals surface area (Å²) >= 11 is 0. The first kappa shape index (κ1) is 10.8. The fourth-order valence-electron chi connectivity index (χ4n) is 3.13. The Morgan fingerprint density at radius 3 is 3.18 bits per heavy atom. The first-order valence-corrected chi connectivity index (χ1v) is 6.67. The van der Waals surface area contributed by atoms with Gasteiger partial charge in [-0.15, -0.1) is 0 Å². The Morgan fingerprint density at radius 1 is 1.41 bits per heavy atom. The first-order chi connectivity index (χ1) is 8.31. The Hall–Kier alpha value is -1.31. The maximum Gasteiger partial charge on any atom is 0.0921 e. The molecule has 1 heterocycles. The van der Waals surface area contributed by atoms with E-state index in [9.17, 15) is 0 Å². The summed E-state index contributed by atoms with van der Waals surface area (Å²) in [6.07, 6.45) is 14.9. The second-order valence-corrected chi connectivity index (χ2v) is 5.56. The second-order valence-electron chi connectivity index (χ2n) is 5.56. The number of rotatable bonds is 2. The van der Waals surface area contributed by atoms with Gasteiger partial charge in [-0.1, -0.05) is 24.6 Å². The molecule has 2 aliphatic rings. The van der Waals surface area contributed by atoms with Crippen LogP contribution in [0.15, 0.2) is 35.8 Å². The van der Waals surface area contributed by atoms with Crippen LogP contribution in [0.1, 0.15) is 38.3 Å². The standard InChI is InChI=1S/C15H20N2/c1-11-2-4-14-7-12(3-5-13(14)6-11)8-15-9-16-10-17-15/h2,4,9-12H,3,5-8H2,1H3,(H,16,17). The van der Waals surface area contributed by atoms with E-state index in [0.717, 1.165) is 18.3 Å². The van der Waals surface area contributed by atoms with Gasteiger partial charge in [0.25, 0.3) is 0 Å². The molecule has 1 aromatic rings.